The van der Waals surface area contributed by atoms with Gasteiger partial charge in [-0.1, -0.05) is 83.7 Å². The van der Waals surface area contributed by atoms with E-state index in [9.17, 15) is 4.79 Å². The molecule has 0 saturated carbocycles. The van der Waals surface area contributed by atoms with Crippen molar-refractivity contribution >= 4 is 37.6 Å². The molecule has 0 aliphatic carbocycles. The molecule has 0 saturated heterocycles. The summed E-state index contributed by atoms with van der Waals surface area (Å²) in [5.74, 6) is 0.248. The summed E-state index contributed by atoms with van der Waals surface area (Å²) in [7, 11) is 0. The van der Waals surface area contributed by atoms with Crippen molar-refractivity contribution in [2.24, 2.45) is 0 Å². The normalized spacial score (nSPS) is 10.8. The fraction of sp³-hybridized carbons (Fsp3) is 0.588. The third-order valence-corrected chi connectivity index (χ3v) is 4.36. The summed E-state index contributed by atoms with van der Waals surface area (Å²) >= 11 is 6.84. The van der Waals surface area contributed by atoms with Gasteiger partial charge >= 0.3 is 0 Å². The van der Waals surface area contributed by atoms with Crippen molar-refractivity contribution in [2.45, 2.75) is 64.7 Å². The molecule has 0 spiro atoms. The van der Waals surface area contributed by atoms with Crippen LogP contribution >= 0.6 is 31.9 Å². The number of carbonyl (C=O) groups is 1. The minimum atomic E-state index is 0.248. The molecule has 0 radical (unpaired) electrons. The zero-order valence-electron chi connectivity index (χ0n) is 12.3. The molecular weight excluding hydrogens is 380 g/mol. The second kappa shape index (κ2) is 10.6. The van der Waals surface area contributed by atoms with Crippen LogP contribution < -0.4 is 0 Å². The molecule has 0 aliphatic heterocycles. The summed E-state index contributed by atoms with van der Waals surface area (Å²) in [5, 5.41) is 0. The largest absolute Gasteiger partial charge is 0.294 e. The molecule has 1 rings (SSSR count). The van der Waals surface area contributed by atoms with E-state index < -0.39 is 0 Å². The van der Waals surface area contributed by atoms with Crippen molar-refractivity contribution in [1.29, 1.82) is 0 Å². The maximum Gasteiger partial charge on any atom is 0.162 e. The van der Waals surface area contributed by atoms with Gasteiger partial charge in [-0.15, -0.1) is 0 Å². The molecule has 1 aromatic carbocycles. The Labute approximate surface area is 139 Å². The van der Waals surface area contributed by atoms with Crippen LogP contribution in [-0.4, -0.2) is 5.78 Å². The first-order valence-electron chi connectivity index (χ1n) is 7.62. The number of halogens is 2. The number of ketones is 1. The summed E-state index contributed by atoms with van der Waals surface area (Å²) in [4.78, 5) is 12.1. The van der Waals surface area contributed by atoms with Gasteiger partial charge in [0.1, 0.15) is 0 Å². The Morgan fingerprint density at radius 3 is 1.90 bits per heavy atom. The van der Waals surface area contributed by atoms with Gasteiger partial charge in [0.25, 0.3) is 0 Å². The minimum Gasteiger partial charge on any atom is -0.294 e. The first kappa shape index (κ1) is 17.9. The van der Waals surface area contributed by atoms with Crippen LogP contribution in [0.25, 0.3) is 0 Å². The van der Waals surface area contributed by atoms with Crippen LogP contribution in [0.4, 0.5) is 0 Å². The number of rotatable bonds is 10. The van der Waals surface area contributed by atoms with E-state index in [1.807, 2.05) is 18.2 Å². The van der Waals surface area contributed by atoms with Crippen molar-refractivity contribution < 1.29 is 4.79 Å². The number of carbonyl (C=O) groups excluding carboxylic acids is 1. The van der Waals surface area contributed by atoms with Gasteiger partial charge in [-0.3, -0.25) is 4.79 Å². The van der Waals surface area contributed by atoms with Crippen molar-refractivity contribution in [3.63, 3.8) is 0 Å². The van der Waals surface area contributed by atoms with Crippen LogP contribution in [0.5, 0.6) is 0 Å². The molecule has 0 heterocycles. The van der Waals surface area contributed by atoms with E-state index in [4.69, 9.17) is 0 Å². The van der Waals surface area contributed by atoms with Gasteiger partial charge in [-0.2, -0.15) is 0 Å². The molecular formula is C17H24Br2O. The molecule has 0 amide bonds. The highest BCUT2D eigenvalue weighted by Crippen LogP contribution is 2.21. The van der Waals surface area contributed by atoms with Crippen molar-refractivity contribution in [1.82, 2.24) is 0 Å². The van der Waals surface area contributed by atoms with Gasteiger partial charge in [0.15, 0.2) is 5.78 Å². The second-order valence-corrected chi connectivity index (χ2v) is 7.14. The van der Waals surface area contributed by atoms with E-state index in [0.29, 0.717) is 6.42 Å². The van der Waals surface area contributed by atoms with E-state index in [1.54, 1.807) is 0 Å². The van der Waals surface area contributed by atoms with Gasteiger partial charge < -0.3 is 0 Å². The molecule has 1 aromatic rings. The van der Waals surface area contributed by atoms with E-state index >= 15 is 0 Å². The number of benzene rings is 1. The monoisotopic (exact) mass is 402 g/mol. The molecule has 112 valence electrons. The zero-order valence-corrected chi connectivity index (χ0v) is 15.4. The predicted molar refractivity (Wildman–Crippen MR) is 93.4 cm³/mol. The molecule has 0 bridgehead atoms. The van der Waals surface area contributed by atoms with Crippen LogP contribution in [0.15, 0.2) is 27.1 Å². The van der Waals surface area contributed by atoms with Crippen LogP contribution in [-0.2, 0) is 0 Å². The molecule has 0 aromatic heterocycles. The SMILES string of the molecule is CCCCCCCCCCC(=O)c1cc(Br)cc(Br)c1. The number of unbranched alkanes of at least 4 members (excludes halogenated alkanes) is 7. The minimum absolute atomic E-state index is 0.248. The Bertz CT molecular complexity index is 395. The highest BCUT2D eigenvalue weighted by Gasteiger charge is 2.07. The Kier molecular flexibility index (Phi) is 9.45. The summed E-state index contributed by atoms with van der Waals surface area (Å²) in [5.41, 5.74) is 0.800. The maximum absolute atomic E-state index is 12.1. The van der Waals surface area contributed by atoms with Crippen LogP contribution in [0.3, 0.4) is 0 Å². The Morgan fingerprint density at radius 2 is 1.35 bits per heavy atom. The van der Waals surface area contributed by atoms with E-state index in [0.717, 1.165) is 20.9 Å². The number of hydrogen-bond donors (Lipinski definition) is 0. The molecule has 0 aliphatic rings. The van der Waals surface area contributed by atoms with Crippen molar-refractivity contribution in [3.8, 4) is 0 Å². The van der Waals surface area contributed by atoms with Crippen molar-refractivity contribution in [2.75, 3.05) is 0 Å². The topological polar surface area (TPSA) is 17.1 Å². The lowest BCUT2D eigenvalue weighted by Crippen LogP contribution is -1.99. The molecule has 1 nitrogen and oxygen atoms in total. The summed E-state index contributed by atoms with van der Waals surface area (Å²) in [6.07, 6.45) is 10.8. The second-order valence-electron chi connectivity index (χ2n) is 5.31. The average molecular weight is 404 g/mol. The third kappa shape index (κ3) is 7.58. The summed E-state index contributed by atoms with van der Waals surface area (Å²) < 4.78 is 1.90. The highest BCUT2D eigenvalue weighted by atomic mass is 79.9. The molecule has 0 N–H and O–H groups in total. The lowest BCUT2D eigenvalue weighted by atomic mass is 10.0. The molecule has 20 heavy (non-hydrogen) atoms. The lowest BCUT2D eigenvalue weighted by Gasteiger charge is -2.04. The fourth-order valence-corrected chi connectivity index (χ4v) is 3.57. The van der Waals surface area contributed by atoms with Crippen molar-refractivity contribution in [3.05, 3.63) is 32.7 Å². The maximum atomic E-state index is 12.1. The lowest BCUT2D eigenvalue weighted by molar-refractivity contribution is 0.0979. The molecule has 3 heteroatoms. The highest BCUT2D eigenvalue weighted by molar-refractivity contribution is 9.11. The molecule has 0 atom stereocenters. The van der Waals surface area contributed by atoms with E-state index in [2.05, 4.69) is 38.8 Å². The Morgan fingerprint density at radius 1 is 0.850 bits per heavy atom. The van der Waals surface area contributed by atoms with Gasteiger partial charge in [-0.05, 0) is 24.6 Å². The fourth-order valence-electron chi connectivity index (χ4n) is 2.28. The smallest absolute Gasteiger partial charge is 0.162 e. The zero-order chi connectivity index (χ0) is 14.8. The molecule has 0 fully saturated rings. The van der Waals surface area contributed by atoms with Gasteiger partial charge in [-0.25, -0.2) is 0 Å². The number of Topliss-reactive ketones (excluding diaryl/α,β-unsaturated/α-hetero) is 1. The molecule has 0 unspecified atom stereocenters. The average Bonchev–Trinajstić information content (AvgIpc) is 2.40. The van der Waals surface area contributed by atoms with E-state index in [-0.39, 0.29) is 5.78 Å². The van der Waals surface area contributed by atoms with Crippen LogP contribution in [0.1, 0.15) is 75.1 Å². The van der Waals surface area contributed by atoms with Gasteiger partial charge in [0.2, 0.25) is 0 Å². The summed E-state index contributed by atoms with van der Waals surface area (Å²) in [6, 6.07) is 5.75. The Balaban J connectivity index is 2.17. The number of hydrogen-bond acceptors (Lipinski definition) is 1. The van der Waals surface area contributed by atoms with Crippen LogP contribution in [0, 0.1) is 0 Å². The first-order chi connectivity index (χ1) is 9.63. The third-order valence-electron chi connectivity index (χ3n) is 3.44. The Hall–Kier alpha value is -0.150. The quantitative estimate of drug-likeness (QED) is 0.306. The van der Waals surface area contributed by atoms with Gasteiger partial charge in [0, 0.05) is 20.9 Å². The van der Waals surface area contributed by atoms with Gasteiger partial charge in [0.05, 0.1) is 0 Å². The van der Waals surface area contributed by atoms with E-state index in [1.165, 1.54) is 44.9 Å². The standard InChI is InChI=1S/C17H24Br2O/c1-2-3-4-5-6-7-8-9-10-17(20)14-11-15(18)13-16(19)12-14/h11-13H,2-10H2,1H3. The predicted octanol–water partition coefficient (Wildman–Crippen LogP) is 6.93. The summed E-state index contributed by atoms with van der Waals surface area (Å²) in [6.45, 7) is 2.24. The van der Waals surface area contributed by atoms with Crippen LogP contribution in [0.2, 0.25) is 0 Å². The first-order valence-corrected chi connectivity index (χ1v) is 9.21.